The van der Waals surface area contributed by atoms with Crippen molar-refractivity contribution >= 4 is 59.9 Å². The molecule has 1 amide bonds. The molecule has 2 aromatic rings. The second kappa shape index (κ2) is 8.82. The van der Waals surface area contributed by atoms with Crippen LogP contribution in [0.15, 0.2) is 42.8 Å². The van der Waals surface area contributed by atoms with E-state index >= 15 is 0 Å². The lowest BCUT2D eigenvalue weighted by molar-refractivity contribution is -0.123. The molecule has 2 rings (SSSR count). The molecule has 5 nitrogen and oxygen atoms in total. The number of phenolic OH excluding ortho intramolecular Hbond substituents is 1. The van der Waals surface area contributed by atoms with Crippen LogP contribution in [0, 0.1) is 13.8 Å². The average Bonchev–Trinajstić information content (AvgIpc) is 2.50. The first-order valence-corrected chi connectivity index (χ1v) is 9.55. The smallest absolute Gasteiger partial charge is 0.277 e. The number of nitrogens with zero attached hydrogens (tertiary/aromatic N) is 1. The Morgan fingerprint density at radius 1 is 1.16 bits per heavy atom. The predicted molar refractivity (Wildman–Crippen MR) is 108 cm³/mol. The summed E-state index contributed by atoms with van der Waals surface area (Å²) in [6, 6.07) is 7.24. The van der Waals surface area contributed by atoms with E-state index in [1.54, 1.807) is 12.1 Å². The largest absolute Gasteiger partial charge is 0.506 e. The molecule has 2 aromatic carbocycles. The fourth-order valence-electron chi connectivity index (χ4n) is 2.15. The van der Waals surface area contributed by atoms with Crippen LogP contribution >= 0.6 is 47.8 Å². The summed E-state index contributed by atoms with van der Waals surface area (Å²) >= 11 is 9.98. The van der Waals surface area contributed by atoms with E-state index < -0.39 is 5.91 Å². The topological polar surface area (TPSA) is 70.9 Å². The summed E-state index contributed by atoms with van der Waals surface area (Å²) in [4.78, 5) is 11.9. The highest BCUT2D eigenvalue weighted by atomic mass is 79.9. The molecule has 0 radical (unpaired) electrons. The molecule has 0 aromatic heterocycles. The van der Waals surface area contributed by atoms with Crippen molar-refractivity contribution in [1.29, 1.82) is 0 Å². The van der Waals surface area contributed by atoms with Gasteiger partial charge < -0.3 is 9.84 Å². The minimum absolute atomic E-state index is 0.0403. The van der Waals surface area contributed by atoms with Crippen molar-refractivity contribution in [3.05, 3.63) is 54.4 Å². The number of amides is 1. The normalized spacial score (nSPS) is 10.9. The number of rotatable bonds is 5. The Labute approximate surface area is 170 Å². The van der Waals surface area contributed by atoms with Crippen LogP contribution in [0.25, 0.3) is 0 Å². The number of benzene rings is 2. The van der Waals surface area contributed by atoms with Gasteiger partial charge in [0.05, 0.1) is 10.7 Å². The molecule has 0 spiro atoms. The molecule has 25 heavy (non-hydrogen) atoms. The molecule has 0 heterocycles. The van der Waals surface area contributed by atoms with E-state index in [-0.39, 0.29) is 12.4 Å². The lowest BCUT2D eigenvalue weighted by Gasteiger charge is -2.11. The number of ether oxygens (including phenoxy) is 1. The first-order valence-electron chi connectivity index (χ1n) is 7.17. The van der Waals surface area contributed by atoms with Crippen molar-refractivity contribution in [2.45, 2.75) is 13.8 Å². The van der Waals surface area contributed by atoms with Gasteiger partial charge in [0.1, 0.15) is 11.5 Å². The van der Waals surface area contributed by atoms with Crippen molar-refractivity contribution in [1.82, 2.24) is 5.43 Å². The Bertz CT molecular complexity index is 815. The molecular weight excluding hydrogens is 520 g/mol. The third kappa shape index (κ3) is 5.55. The Kier molecular flexibility index (Phi) is 7.04. The minimum atomic E-state index is -0.397. The lowest BCUT2D eigenvalue weighted by atomic mass is 10.1. The molecule has 0 aliphatic heterocycles. The summed E-state index contributed by atoms with van der Waals surface area (Å²) in [5.74, 6) is 0.320. The molecular formula is C17H15Br3N2O3. The number of nitrogens with one attached hydrogen (secondary N) is 1. The molecule has 0 atom stereocenters. The zero-order valence-corrected chi connectivity index (χ0v) is 18.2. The maximum atomic E-state index is 11.9. The number of aryl methyl sites for hydroxylation is 2. The molecule has 0 unspecified atom stereocenters. The Morgan fingerprint density at radius 2 is 1.76 bits per heavy atom. The molecule has 0 bridgehead atoms. The summed E-state index contributed by atoms with van der Waals surface area (Å²) in [5.41, 5.74) is 4.71. The van der Waals surface area contributed by atoms with Crippen LogP contribution in [0.4, 0.5) is 0 Å². The number of hydrogen-bond donors (Lipinski definition) is 2. The second-order valence-electron chi connectivity index (χ2n) is 5.28. The van der Waals surface area contributed by atoms with E-state index in [4.69, 9.17) is 4.74 Å². The number of carbonyl (C=O) groups excluding carboxylic acids is 1. The monoisotopic (exact) mass is 532 g/mol. The summed E-state index contributed by atoms with van der Waals surface area (Å²) in [5, 5.41) is 13.8. The van der Waals surface area contributed by atoms with Gasteiger partial charge in [0.15, 0.2) is 6.61 Å². The lowest BCUT2D eigenvalue weighted by Crippen LogP contribution is -2.25. The number of hydrogen-bond acceptors (Lipinski definition) is 4. The average molecular weight is 535 g/mol. The zero-order valence-electron chi connectivity index (χ0n) is 13.4. The first-order chi connectivity index (χ1) is 11.8. The third-order valence-corrected chi connectivity index (χ3v) is 4.74. The van der Waals surface area contributed by atoms with Crippen LogP contribution in [0.1, 0.15) is 16.7 Å². The molecule has 0 aliphatic rings. The van der Waals surface area contributed by atoms with E-state index in [0.29, 0.717) is 15.8 Å². The van der Waals surface area contributed by atoms with E-state index in [1.165, 1.54) is 6.21 Å². The van der Waals surface area contributed by atoms with Crippen molar-refractivity contribution in [2.24, 2.45) is 5.10 Å². The van der Waals surface area contributed by atoms with Gasteiger partial charge >= 0.3 is 0 Å². The van der Waals surface area contributed by atoms with Gasteiger partial charge in [0.25, 0.3) is 5.91 Å². The maximum absolute atomic E-state index is 11.9. The minimum Gasteiger partial charge on any atom is -0.506 e. The first kappa shape index (κ1) is 19.9. The van der Waals surface area contributed by atoms with Gasteiger partial charge in [-0.05, 0) is 65.2 Å². The number of phenols is 1. The SMILES string of the molecule is Cc1cc(Br)cc(C)c1OCC(=O)N/N=C\c1cc(Br)cc(Br)c1O. The molecule has 0 saturated heterocycles. The van der Waals surface area contributed by atoms with Crippen LogP contribution in [-0.4, -0.2) is 23.8 Å². The Hall–Kier alpha value is -1.38. The number of carbonyl (C=O) groups is 1. The molecule has 0 saturated carbocycles. The van der Waals surface area contributed by atoms with E-state index in [9.17, 15) is 9.90 Å². The predicted octanol–water partition coefficient (Wildman–Crippen LogP) is 4.83. The highest BCUT2D eigenvalue weighted by molar-refractivity contribution is 9.11. The van der Waals surface area contributed by atoms with Gasteiger partial charge in [-0.2, -0.15) is 5.10 Å². The van der Waals surface area contributed by atoms with Gasteiger partial charge in [-0.3, -0.25) is 4.79 Å². The van der Waals surface area contributed by atoms with Crippen molar-refractivity contribution in [3.8, 4) is 11.5 Å². The number of aromatic hydroxyl groups is 1. The summed E-state index contributed by atoms with van der Waals surface area (Å²) < 4.78 is 7.84. The van der Waals surface area contributed by atoms with Gasteiger partial charge in [-0.25, -0.2) is 5.43 Å². The van der Waals surface area contributed by atoms with Crippen molar-refractivity contribution < 1.29 is 14.6 Å². The summed E-state index contributed by atoms with van der Waals surface area (Å²) in [6.07, 6.45) is 1.36. The summed E-state index contributed by atoms with van der Waals surface area (Å²) in [7, 11) is 0. The van der Waals surface area contributed by atoms with Gasteiger partial charge in [0.2, 0.25) is 0 Å². The van der Waals surface area contributed by atoms with Crippen LogP contribution in [0.3, 0.4) is 0 Å². The highest BCUT2D eigenvalue weighted by Gasteiger charge is 2.09. The maximum Gasteiger partial charge on any atom is 0.277 e. The van der Waals surface area contributed by atoms with Gasteiger partial charge in [-0.15, -0.1) is 0 Å². The molecule has 132 valence electrons. The fraction of sp³-hybridized carbons (Fsp3) is 0.176. The quantitative estimate of drug-likeness (QED) is 0.426. The molecule has 0 fully saturated rings. The number of halogens is 3. The van der Waals surface area contributed by atoms with E-state index in [0.717, 1.165) is 20.1 Å². The number of hydrazone groups is 1. The molecule has 0 aliphatic carbocycles. The van der Waals surface area contributed by atoms with Gasteiger partial charge in [-0.1, -0.05) is 31.9 Å². The third-order valence-electron chi connectivity index (χ3n) is 3.22. The molecule has 8 heteroatoms. The Balaban J connectivity index is 1.96. The van der Waals surface area contributed by atoms with Crippen LogP contribution in [0.5, 0.6) is 11.5 Å². The zero-order chi connectivity index (χ0) is 18.6. The van der Waals surface area contributed by atoms with Gasteiger partial charge in [0, 0.05) is 14.5 Å². The standard InChI is InChI=1S/C17H15Br3N2O3/c1-9-3-12(18)4-10(2)17(9)25-8-15(23)22-21-7-11-5-13(19)6-14(20)16(11)24/h3-7,24H,8H2,1-2H3,(H,22,23)/b21-7-. The molecule has 2 N–H and O–H groups in total. The van der Waals surface area contributed by atoms with E-state index in [2.05, 4.69) is 58.3 Å². The van der Waals surface area contributed by atoms with E-state index in [1.807, 2.05) is 26.0 Å². The van der Waals surface area contributed by atoms with Crippen LogP contribution in [-0.2, 0) is 4.79 Å². The highest BCUT2D eigenvalue weighted by Crippen LogP contribution is 2.30. The summed E-state index contributed by atoms with van der Waals surface area (Å²) in [6.45, 7) is 3.67. The van der Waals surface area contributed by atoms with Crippen molar-refractivity contribution in [3.63, 3.8) is 0 Å². The second-order valence-corrected chi connectivity index (χ2v) is 7.96. The Morgan fingerprint density at radius 3 is 2.40 bits per heavy atom. The van der Waals surface area contributed by atoms with Crippen molar-refractivity contribution in [2.75, 3.05) is 6.61 Å². The van der Waals surface area contributed by atoms with Crippen LogP contribution < -0.4 is 10.2 Å². The van der Waals surface area contributed by atoms with Crippen LogP contribution in [0.2, 0.25) is 0 Å². The fourth-order valence-corrected chi connectivity index (χ4v) is 4.10.